The number of anilines is 1. The first-order chi connectivity index (χ1) is 9.25. The van der Waals surface area contributed by atoms with E-state index in [0.717, 1.165) is 36.9 Å². The molecule has 0 spiro atoms. The minimum Gasteiger partial charge on any atom is -0.441 e. The molecule has 1 amide bonds. The van der Waals surface area contributed by atoms with Crippen LogP contribution in [-0.4, -0.2) is 12.2 Å². The van der Waals surface area contributed by atoms with Gasteiger partial charge in [-0.15, -0.1) is 0 Å². The molecule has 0 saturated heterocycles. The Morgan fingerprint density at radius 2 is 1.89 bits per heavy atom. The van der Waals surface area contributed by atoms with Crippen molar-refractivity contribution in [3.05, 3.63) is 42.5 Å². The summed E-state index contributed by atoms with van der Waals surface area (Å²) in [6.07, 6.45) is 6.04. The van der Waals surface area contributed by atoms with E-state index < -0.39 is 6.09 Å². The number of carbonyl (C=O) groups is 1. The van der Waals surface area contributed by atoms with E-state index in [1.54, 1.807) is 0 Å². The molecule has 1 fully saturated rings. The summed E-state index contributed by atoms with van der Waals surface area (Å²) in [6, 6.07) is 9.35. The summed E-state index contributed by atoms with van der Waals surface area (Å²) in [6.45, 7) is 4.05. The van der Waals surface area contributed by atoms with Crippen LogP contribution in [0, 0.1) is 0 Å². The van der Waals surface area contributed by atoms with Gasteiger partial charge in [0.15, 0.2) is 0 Å². The molecule has 1 atom stereocenters. The molecule has 102 valence electrons. The van der Waals surface area contributed by atoms with Crippen molar-refractivity contribution in [2.75, 3.05) is 5.32 Å². The molecule has 0 radical (unpaired) electrons. The summed E-state index contributed by atoms with van der Waals surface area (Å²) in [5, 5.41) is 2.74. The fourth-order valence-corrected chi connectivity index (χ4v) is 2.34. The summed E-state index contributed by atoms with van der Waals surface area (Å²) in [5.41, 5.74) is 1.80. The van der Waals surface area contributed by atoms with Gasteiger partial charge in [0.1, 0.15) is 6.10 Å². The molecule has 1 unspecified atom stereocenters. The van der Waals surface area contributed by atoms with Gasteiger partial charge >= 0.3 is 6.09 Å². The number of rotatable bonds is 2. The number of hydrogen-bond acceptors (Lipinski definition) is 2. The minimum absolute atomic E-state index is 0.135. The average Bonchev–Trinajstić information content (AvgIpc) is 2.40. The zero-order valence-electron chi connectivity index (χ0n) is 11.2. The van der Waals surface area contributed by atoms with Crippen LogP contribution < -0.4 is 5.32 Å². The predicted octanol–water partition coefficient (Wildman–Crippen LogP) is 4.51. The molecule has 1 saturated carbocycles. The van der Waals surface area contributed by atoms with E-state index in [-0.39, 0.29) is 6.10 Å². The van der Waals surface area contributed by atoms with Gasteiger partial charge in [0.2, 0.25) is 0 Å². The number of carbonyl (C=O) groups excluding carboxylic acids is 1. The first-order valence-electron chi connectivity index (χ1n) is 6.96. The largest absolute Gasteiger partial charge is 0.441 e. The van der Waals surface area contributed by atoms with Crippen molar-refractivity contribution in [1.82, 2.24) is 0 Å². The molecule has 1 aromatic carbocycles. The van der Waals surface area contributed by atoms with Crippen molar-refractivity contribution in [2.24, 2.45) is 0 Å². The van der Waals surface area contributed by atoms with Crippen LogP contribution in [0.15, 0.2) is 42.5 Å². The SMILES string of the molecule is C=C1CCCCCCC1OC(=O)Nc1ccccc1. The highest BCUT2D eigenvalue weighted by Crippen LogP contribution is 2.23. The highest BCUT2D eigenvalue weighted by Gasteiger charge is 2.19. The van der Waals surface area contributed by atoms with Gasteiger partial charge in [-0.05, 0) is 43.4 Å². The monoisotopic (exact) mass is 259 g/mol. The Hall–Kier alpha value is -1.77. The second-order valence-corrected chi connectivity index (χ2v) is 5.00. The lowest BCUT2D eigenvalue weighted by atomic mass is 9.95. The molecule has 1 aromatic rings. The smallest absolute Gasteiger partial charge is 0.412 e. The third kappa shape index (κ3) is 4.43. The van der Waals surface area contributed by atoms with E-state index in [4.69, 9.17) is 4.74 Å². The first-order valence-corrected chi connectivity index (χ1v) is 6.96. The van der Waals surface area contributed by atoms with Crippen molar-refractivity contribution in [3.8, 4) is 0 Å². The van der Waals surface area contributed by atoms with Crippen LogP contribution in [0.4, 0.5) is 10.5 Å². The maximum atomic E-state index is 11.8. The lowest BCUT2D eigenvalue weighted by molar-refractivity contribution is 0.118. The Bertz CT molecular complexity index is 428. The topological polar surface area (TPSA) is 38.3 Å². The summed E-state index contributed by atoms with van der Waals surface area (Å²) in [7, 11) is 0. The molecule has 0 aromatic heterocycles. The molecule has 0 bridgehead atoms. The van der Waals surface area contributed by atoms with Crippen LogP contribution in [0.25, 0.3) is 0 Å². The molecule has 2 rings (SSSR count). The van der Waals surface area contributed by atoms with E-state index in [1.165, 1.54) is 12.8 Å². The van der Waals surface area contributed by atoms with Crippen molar-refractivity contribution in [3.63, 3.8) is 0 Å². The first kappa shape index (κ1) is 13.7. The second-order valence-electron chi connectivity index (χ2n) is 5.00. The molecule has 19 heavy (non-hydrogen) atoms. The molecule has 3 nitrogen and oxygen atoms in total. The van der Waals surface area contributed by atoms with Gasteiger partial charge in [-0.1, -0.05) is 37.6 Å². The standard InChI is InChI=1S/C16H21NO2/c1-13-9-5-2-3-8-12-15(13)19-16(18)17-14-10-6-4-7-11-14/h4,6-7,10-11,15H,1-3,5,8-9,12H2,(H,17,18). The molecular weight excluding hydrogens is 238 g/mol. The number of hydrogen-bond donors (Lipinski definition) is 1. The third-order valence-corrected chi connectivity index (χ3v) is 3.44. The number of nitrogens with one attached hydrogen (secondary N) is 1. The molecule has 0 heterocycles. The number of para-hydroxylation sites is 1. The van der Waals surface area contributed by atoms with Gasteiger partial charge in [-0.2, -0.15) is 0 Å². The van der Waals surface area contributed by atoms with Gasteiger partial charge in [-0.3, -0.25) is 5.32 Å². The lowest BCUT2D eigenvalue weighted by Crippen LogP contribution is -2.24. The lowest BCUT2D eigenvalue weighted by Gasteiger charge is -2.22. The van der Waals surface area contributed by atoms with E-state index in [0.29, 0.717) is 0 Å². The summed E-state index contributed by atoms with van der Waals surface area (Å²) < 4.78 is 5.49. The third-order valence-electron chi connectivity index (χ3n) is 3.44. The average molecular weight is 259 g/mol. The van der Waals surface area contributed by atoms with Gasteiger partial charge in [0.25, 0.3) is 0 Å². The van der Waals surface area contributed by atoms with E-state index in [1.807, 2.05) is 30.3 Å². The molecule has 3 heteroatoms. The van der Waals surface area contributed by atoms with Crippen molar-refractivity contribution >= 4 is 11.8 Å². The van der Waals surface area contributed by atoms with Crippen LogP contribution in [0.2, 0.25) is 0 Å². The Balaban J connectivity index is 1.88. The van der Waals surface area contributed by atoms with Gasteiger partial charge in [0.05, 0.1) is 0 Å². The Labute approximate surface area is 114 Å². The Morgan fingerprint density at radius 3 is 2.68 bits per heavy atom. The molecule has 1 N–H and O–H groups in total. The van der Waals surface area contributed by atoms with Gasteiger partial charge in [-0.25, -0.2) is 4.79 Å². The van der Waals surface area contributed by atoms with Crippen LogP contribution in [-0.2, 0) is 4.74 Å². The van der Waals surface area contributed by atoms with E-state index >= 15 is 0 Å². The van der Waals surface area contributed by atoms with Gasteiger partial charge in [0, 0.05) is 5.69 Å². The molecule has 0 aliphatic heterocycles. The quantitative estimate of drug-likeness (QED) is 0.793. The van der Waals surface area contributed by atoms with E-state index in [9.17, 15) is 4.79 Å². The highest BCUT2D eigenvalue weighted by molar-refractivity contribution is 5.84. The minimum atomic E-state index is -0.391. The predicted molar refractivity (Wildman–Crippen MR) is 77.2 cm³/mol. The Morgan fingerprint density at radius 1 is 1.16 bits per heavy atom. The molecule has 1 aliphatic carbocycles. The Kier molecular flexibility index (Phi) is 5.01. The van der Waals surface area contributed by atoms with Gasteiger partial charge < -0.3 is 4.74 Å². The summed E-state index contributed by atoms with van der Waals surface area (Å²) in [4.78, 5) is 11.8. The number of ether oxygens (including phenoxy) is 1. The van der Waals surface area contributed by atoms with Crippen molar-refractivity contribution < 1.29 is 9.53 Å². The maximum absolute atomic E-state index is 11.8. The zero-order chi connectivity index (χ0) is 13.5. The summed E-state index contributed by atoms with van der Waals surface area (Å²) >= 11 is 0. The van der Waals surface area contributed by atoms with Crippen LogP contribution >= 0.6 is 0 Å². The summed E-state index contributed by atoms with van der Waals surface area (Å²) in [5.74, 6) is 0. The van der Waals surface area contributed by atoms with Crippen LogP contribution in [0.3, 0.4) is 0 Å². The second kappa shape index (κ2) is 6.98. The fraction of sp³-hybridized carbons (Fsp3) is 0.438. The maximum Gasteiger partial charge on any atom is 0.412 e. The molecular formula is C16H21NO2. The number of benzene rings is 1. The fourth-order valence-electron chi connectivity index (χ4n) is 2.34. The van der Waals surface area contributed by atoms with Crippen LogP contribution in [0.5, 0.6) is 0 Å². The highest BCUT2D eigenvalue weighted by atomic mass is 16.6. The zero-order valence-corrected chi connectivity index (χ0v) is 11.2. The van der Waals surface area contributed by atoms with Crippen molar-refractivity contribution in [1.29, 1.82) is 0 Å². The number of amides is 1. The van der Waals surface area contributed by atoms with Crippen molar-refractivity contribution in [2.45, 2.75) is 44.6 Å². The normalized spacial score (nSPS) is 20.2. The van der Waals surface area contributed by atoms with E-state index in [2.05, 4.69) is 11.9 Å². The molecule has 1 aliphatic rings. The van der Waals surface area contributed by atoms with Crippen LogP contribution in [0.1, 0.15) is 38.5 Å².